The topological polar surface area (TPSA) is 54.4 Å². The summed E-state index contributed by atoms with van der Waals surface area (Å²) in [5.74, 6) is -0.786. The summed E-state index contributed by atoms with van der Waals surface area (Å²) in [7, 11) is 0. The van der Waals surface area contributed by atoms with Crippen molar-refractivity contribution in [2.45, 2.75) is 12.8 Å². The van der Waals surface area contributed by atoms with Crippen molar-refractivity contribution in [2.24, 2.45) is 0 Å². The molecule has 0 saturated carbocycles. The van der Waals surface area contributed by atoms with Gasteiger partial charge in [0.1, 0.15) is 6.29 Å². The van der Waals surface area contributed by atoms with Gasteiger partial charge in [-0.1, -0.05) is 60.7 Å². The second-order valence-electron chi connectivity index (χ2n) is 3.91. The number of aldehydes is 1. The van der Waals surface area contributed by atoms with Crippen molar-refractivity contribution in [1.29, 1.82) is 0 Å². The normalized spacial score (nSPS) is 9.05. The van der Waals surface area contributed by atoms with Gasteiger partial charge in [-0.25, -0.2) is 0 Å². The van der Waals surface area contributed by atoms with Crippen LogP contribution >= 0.6 is 0 Å². The lowest BCUT2D eigenvalue weighted by Gasteiger charge is -1.92. The van der Waals surface area contributed by atoms with Crippen LogP contribution in [0.3, 0.4) is 0 Å². The number of carbonyl (C=O) groups excluding carboxylic acids is 1. The van der Waals surface area contributed by atoms with Crippen LogP contribution in [0.15, 0.2) is 60.7 Å². The highest BCUT2D eigenvalue weighted by Gasteiger charge is 1.96. The zero-order valence-electron chi connectivity index (χ0n) is 10.5. The van der Waals surface area contributed by atoms with Crippen LogP contribution in [-0.4, -0.2) is 17.4 Å². The fourth-order valence-corrected chi connectivity index (χ4v) is 1.48. The Labute approximate surface area is 112 Å². The molecule has 0 aliphatic carbocycles. The lowest BCUT2D eigenvalue weighted by molar-refractivity contribution is -0.136. The molecule has 0 heterocycles. The standard InChI is InChI=1S/C8H8O2.C8H8O/c9-8(10)6-7-4-2-1-3-5-7;9-7-6-8-4-2-1-3-5-8/h1-5H,6H2,(H,9,10);1-5,7H,6H2. The van der Waals surface area contributed by atoms with E-state index in [4.69, 9.17) is 5.11 Å². The fourth-order valence-electron chi connectivity index (χ4n) is 1.48. The molecule has 98 valence electrons. The summed E-state index contributed by atoms with van der Waals surface area (Å²) in [6.45, 7) is 0. The number of hydrogen-bond donors (Lipinski definition) is 1. The van der Waals surface area contributed by atoms with E-state index in [1.54, 1.807) is 12.1 Å². The molecule has 1 N–H and O–H groups in total. The molecule has 0 saturated heterocycles. The molecule has 2 rings (SSSR count). The van der Waals surface area contributed by atoms with E-state index in [2.05, 4.69) is 0 Å². The van der Waals surface area contributed by atoms with Crippen molar-refractivity contribution in [3.05, 3.63) is 71.8 Å². The molecule has 0 radical (unpaired) electrons. The maximum Gasteiger partial charge on any atom is 0.307 e. The van der Waals surface area contributed by atoms with E-state index in [9.17, 15) is 9.59 Å². The first-order chi connectivity index (χ1) is 9.22. The first-order valence-corrected chi connectivity index (χ1v) is 5.95. The predicted octanol–water partition coefficient (Wildman–Crippen LogP) is 2.74. The number of aliphatic carboxylic acids is 1. The Morgan fingerprint density at radius 2 is 1.37 bits per heavy atom. The highest BCUT2D eigenvalue weighted by molar-refractivity contribution is 5.70. The van der Waals surface area contributed by atoms with Crippen molar-refractivity contribution in [3.8, 4) is 0 Å². The third-order valence-electron chi connectivity index (χ3n) is 2.36. The molecule has 2 aromatic rings. The molecule has 0 aliphatic heterocycles. The first kappa shape index (κ1) is 14.6. The zero-order chi connectivity index (χ0) is 13.9. The number of carboxylic acid groups (broad SMARTS) is 1. The van der Waals surface area contributed by atoms with Crippen LogP contribution in [0.25, 0.3) is 0 Å². The van der Waals surface area contributed by atoms with Gasteiger partial charge in [0.05, 0.1) is 6.42 Å². The number of benzene rings is 2. The molecule has 2 aromatic carbocycles. The number of rotatable bonds is 4. The smallest absolute Gasteiger partial charge is 0.307 e. The lowest BCUT2D eigenvalue weighted by Crippen LogP contribution is -1.98. The molecule has 0 unspecified atom stereocenters. The van der Waals surface area contributed by atoms with Gasteiger partial charge in [-0.05, 0) is 11.1 Å². The summed E-state index contributed by atoms with van der Waals surface area (Å²) >= 11 is 0. The van der Waals surface area contributed by atoms with Gasteiger partial charge in [-0.2, -0.15) is 0 Å². The summed E-state index contributed by atoms with van der Waals surface area (Å²) in [6, 6.07) is 18.8. The van der Waals surface area contributed by atoms with Gasteiger partial charge in [0.2, 0.25) is 0 Å². The third kappa shape index (κ3) is 6.78. The van der Waals surface area contributed by atoms with Crippen molar-refractivity contribution in [3.63, 3.8) is 0 Å². The maximum atomic E-state index is 10.2. The van der Waals surface area contributed by atoms with E-state index in [-0.39, 0.29) is 6.42 Å². The Balaban J connectivity index is 0.000000191. The third-order valence-corrected chi connectivity index (χ3v) is 2.36. The Bertz CT molecular complexity index is 492. The molecule has 0 aromatic heterocycles. The summed E-state index contributed by atoms with van der Waals surface area (Å²) < 4.78 is 0. The van der Waals surface area contributed by atoms with E-state index in [1.165, 1.54) is 0 Å². The molecular formula is C16H16O3. The fraction of sp³-hybridized carbons (Fsp3) is 0.125. The van der Waals surface area contributed by atoms with Crippen LogP contribution in [0.5, 0.6) is 0 Å². The van der Waals surface area contributed by atoms with Crippen LogP contribution in [0, 0.1) is 0 Å². The van der Waals surface area contributed by atoms with Gasteiger partial charge in [0.15, 0.2) is 0 Å². The minimum atomic E-state index is -0.786. The van der Waals surface area contributed by atoms with Crippen LogP contribution < -0.4 is 0 Å². The Hall–Kier alpha value is -2.42. The highest BCUT2D eigenvalue weighted by atomic mass is 16.4. The quantitative estimate of drug-likeness (QED) is 0.856. The first-order valence-electron chi connectivity index (χ1n) is 5.95. The summed E-state index contributed by atoms with van der Waals surface area (Å²) in [5.41, 5.74) is 1.92. The average Bonchev–Trinajstić information content (AvgIpc) is 2.41. The molecule has 19 heavy (non-hydrogen) atoms. The van der Waals surface area contributed by atoms with E-state index in [0.717, 1.165) is 17.4 Å². The Morgan fingerprint density at radius 3 is 1.79 bits per heavy atom. The van der Waals surface area contributed by atoms with Gasteiger partial charge in [0, 0.05) is 6.42 Å². The number of carboxylic acids is 1. The average molecular weight is 256 g/mol. The van der Waals surface area contributed by atoms with Crippen molar-refractivity contribution in [2.75, 3.05) is 0 Å². The van der Waals surface area contributed by atoms with Gasteiger partial charge in [0.25, 0.3) is 0 Å². The molecule has 0 amide bonds. The van der Waals surface area contributed by atoms with Gasteiger partial charge in [-0.3, -0.25) is 4.79 Å². The van der Waals surface area contributed by atoms with Gasteiger partial charge < -0.3 is 9.90 Å². The Kier molecular flexibility index (Phi) is 6.66. The summed E-state index contributed by atoms with van der Waals surface area (Å²) in [4.78, 5) is 20.1. The van der Waals surface area contributed by atoms with E-state index < -0.39 is 5.97 Å². The molecule has 3 heteroatoms. The van der Waals surface area contributed by atoms with E-state index >= 15 is 0 Å². The summed E-state index contributed by atoms with van der Waals surface area (Å²) in [5, 5.41) is 8.37. The molecule has 0 aliphatic rings. The van der Waals surface area contributed by atoms with Crippen molar-refractivity contribution in [1.82, 2.24) is 0 Å². The number of carbonyl (C=O) groups is 2. The van der Waals surface area contributed by atoms with Gasteiger partial charge >= 0.3 is 5.97 Å². The van der Waals surface area contributed by atoms with E-state index in [1.807, 2.05) is 48.5 Å². The monoisotopic (exact) mass is 256 g/mol. The van der Waals surface area contributed by atoms with Crippen molar-refractivity contribution >= 4 is 12.3 Å². The highest BCUT2D eigenvalue weighted by Crippen LogP contribution is 1.98. The van der Waals surface area contributed by atoms with Crippen LogP contribution in [0.1, 0.15) is 11.1 Å². The minimum Gasteiger partial charge on any atom is -0.481 e. The molecular weight excluding hydrogens is 240 g/mol. The van der Waals surface area contributed by atoms with E-state index in [0.29, 0.717) is 6.42 Å². The summed E-state index contributed by atoms with van der Waals surface area (Å²) in [6.07, 6.45) is 1.55. The molecule has 0 atom stereocenters. The zero-order valence-corrected chi connectivity index (χ0v) is 10.5. The minimum absolute atomic E-state index is 0.112. The second kappa shape index (κ2) is 8.64. The maximum absolute atomic E-state index is 10.2. The van der Waals surface area contributed by atoms with Crippen molar-refractivity contribution < 1.29 is 14.7 Å². The Morgan fingerprint density at radius 1 is 0.895 bits per heavy atom. The van der Waals surface area contributed by atoms with Crippen LogP contribution in [0.2, 0.25) is 0 Å². The lowest BCUT2D eigenvalue weighted by atomic mass is 10.2. The van der Waals surface area contributed by atoms with Crippen LogP contribution in [0.4, 0.5) is 0 Å². The number of hydrogen-bond acceptors (Lipinski definition) is 2. The van der Waals surface area contributed by atoms with Crippen LogP contribution in [-0.2, 0) is 22.4 Å². The SMILES string of the molecule is O=C(O)Cc1ccccc1.O=CCc1ccccc1. The molecule has 0 bridgehead atoms. The second-order valence-corrected chi connectivity index (χ2v) is 3.91. The molecule has 0 spiro atoms. The van der Waals surface area contributed by atoms with Gasteiger partial charge in [-0.15, -0.1) is 0 Å². The predicted molar refractivity (Wildman–Crippen MR) is 74.0 cm³/mol. The molecule has 3 nitrogen and oxygen atoms in total. The largest absolute Gasteiger partial charge is 0.481 e. The molecule has 0 fully saturated rings.